The molecular formula is C9H18N4O2S. The lowest BCUT2D eigenvalue weighted by Gasteiger charge is -2.06. The quantitative estimate of drug-likeness (QED) is 0.397. The summed E-state index contributed by atoms with van der Waals surface area (Å²) in [4.78, 5) is 25.8. The molecule has 6 nitrogen and oxygen atoms in total. The molecule has 0 fully saturated rings. The third-order valence-corrected chi connectivity index (χ3v) is 2.56. The predicted octanol–water partition coefficient (Wildman–Crippen LogP) is 1.14. The highest BCUT2D eigenvalue weighted by atomic mass is 32.2. The van der Waals surface area contributed by atoms with E-state index in [9.17, 15) is 9.59 Å². The van der Waals surface area contributed by atoms with E-state index in [1.807, 2.05) is 0 Å². The lowest BCUT2D eigenvalue weighted by atomic mass is 10.4. The predicted molar refractivity (Wildman–Crippen MR) is 66.8 cm³/mol. The molecule has 0 aliphatic carbocycles. The molecule has 0 atom stereocenters. The van der Waals surface area contributed by atoms with Crippen LogP contribution in [0.15, 0.2) is 4.99 Å². The number of carbonyl (C=O) groups is 2. The largest absolute Gasteiger partial charge is 0.343 e. The first-order chi connectivity index (χ1) is 7.63. The van der Waals surface area contributed by atoms with E-state index in [4.69, 9.17) is 0 Å². The van der Waals surface area contributed by atoms with Gasteiger partial charge in [-0.15, -0.1) is 0 Å². The third kappa shape index (κ3) is 7.10. The second kappa shape index (κ2) is 9.02. The molecule has 0 heterocycles. The van der Waals surface area contributed by atoms with Gasteiger partial charge in [-0.25, -0.2) is 9.59 Å². The molecule has 0 bridgehead atoms. The molecule has 0 aromatic carbocycles. The van der Waals surface area contributed by atoms with E-state index >= 15 is 0 Å². The SMILES string of the molecule is CCCCSC(=NC(=O)NC)NC(=O)NC. The Labute approximate surface area is 99.6 Å². The van der Waals surface area contributed by atoms with Crippen molar-refractivity contribution < 1.29 is 9.59 Å². The van der Waals surface area contributed by atoms with Gasteiger partial charge in [0.05, 0.1) is 0 Å². The first-order valence-corrected chi connectivity index (χ1v) is 6.04. The zero-order valence-electron chi connectivity index (χ0n) is 9.79. The van der Waals surface area contributed by atoms with Crippen LogP contribution < -0.4 is 16.0 Å². The van der Waals surface area contributed by atoms with Gasteiger partial charge in [0, 0.05) is 19.8 Å². The van der Waals surface area contributed by atoms with E-state index in [0.29, 0.717) is 5.17 Å². The van der Waals surface area contributed by atoms with Crippen molar-refractivity contribution in [1.29, 1.82) is 0 Å². The van der Waals surface area contributed by atoms with Crippen LogP contribution in [-0.4, -0.2) is 37.1 Å². The van der Waals surface area contributed by atoms with Crippen LogP contribution in [0.4, 0.5) is 9.59 Å². The first-order valence-electron chi connectivity index (χ1n) is 5.06. The van der Waals surface area contributed by atoms with Crippen LogP contribution >= 0.6 is 11.8 Å². The summed E-state index contributed by atoms with van der Waals surface area (Å²) in [5.41, 5.74) is 0. The van der Waals surface area contributed by atoms with Crippen molar-refractivity contribution in [3.63, 3.8) is 0 Å². The van der Waals surface area contributed by atoms with E-state index < -0.39 is 6.03 Å². The Hall–Kier alpha value is -1.24. The number of aliphatic imine (C=N–C) groups is 1. The zero-order valence-corrected chi connectivity index (χ0v) is 10.6. The fourth-order valence-corrected chi connectivity index (χ4v) is 1.66. The number of amides is 4. The van der Waals surface area contributed by atoms with Crippen molar-refractivity contribution >= 4 is 29.0 Å². The van der Waals surface area contributed by atoms with Crippen LogP contribution in [0.3, 0.4) is 0 Å². The Morgan fingerprint density at radius 3 is 2.44 bits per heavy atom. The number of nitrogens with one attached hydrogen (secondary N) is 3. The summed E-state index contributed by atoms with van der Waals surface area (Å²) in [6, 6.07) is -0.859. The van der Waals surface area contributed by atoms with Crippen molar-refractivity contribution in [2.75, 3.05) is 19.8 Å². The summed E-state index contributed by atoms with van der Waals surface area (Å²) >= 11 is 1.35. The minimum Gasteiger partial charge on any atom is -0.341 e. The molecule has 0 aromatic rings. The topological polar surface area (TPSA) is 82.6 Å². The Kier molecular flexibility index (Phi) is 8.32. The zero-order chi connectivity index (χ0) is 12.4. The Bertz CT molecular complexity index is 268. The molecule has 0 saturated carbocycles. The van der Waals surface area contributed by atoms with E-state index in [0.717, 1.165) is 18.6 Å². The van der Waals surface area contributed by atoms with Crippen LogP contribution in [0.5, 0.6) is 0 Å². The fourth-order valence-electron chi connectivity index (χ4n) is 0.717. The van der Waals surface area contributed by atoms with Crippen molar-refractivity contribution in [2.24, 2.45) is 4.99 Å². The molecule has 0 aliphatic heterocycles. The second-order valence-corrected chi connectivity index (χ2v) is 3.96. The molecule has 0 aromatic heterocycles. The minimum atomic E-state index is -0.476. The Balaban J connectivity index is 4.32. The normalized spacial score (nSPS) is 10.8. The molecule has 0 aliphatic rings. The van der Waals surface area contributed by atoms with Gasteiger partial charge >= 0.3 is 12.1 Å². The van der Waals surface area contributed by atoms with E-state index in [-0.39, 0.29) is 6.03 Å². The molecule has 0 saturated heterocycles. The maximum Gasteiger partial charge on any atom is 0.343 e. The average molecular weight is 246 g/mol. The van der Waals surface area contributed by atoms with Crippen molar-refractivity contribution in [3.8, 4) is 0 Å². The molecule has 0 spiro atoms. The molecule has 16 heavy (non-hydrogen) atoms. The maximum atomic E-state index is 11.1. The molecule has 3 N–H and O–H groups in total. The Morgan fingerprint density at radius 2 is 1.94 bits per heavy atom. The maximum absolute atomic E-state index is 11.1. The Morgan fingerprint density at radius 1 is 1.25 bits per heavy atom. The summed E-state index contributed by atoms with van der Waals surface area (Å²) in [7, 11) is 2.99. The molecule has 0 unspecified atom stereocenters. The van der Waals surface area contributed by atoms with Crippen LogP contribution in [-0.2, 0) is 0 Å². The van der Waals surface area contributed by atoms with Crippen molar-refractivity contribution in [3.05, 3.63) is 0 Å². The number of unbranched alkanes of at least 4 members (excludes halogenated alkanes) is 1. The summed E-state index contributed by atoms with van der Waals surface area (Å²) in [6.45, 7) is 2.07. The first kappa shape index (κ1) is 14.8. The summed E-state index contributed by atoms with van der Waals surface area (Å²) in [5.74, 6) is 0.816. The lowest BCUT2D eigenvalue weighted by Crippen LogP contribution is -2.37. The highest BCUT2D eigenvalue weighted by Gasteiger charge is 2.06. The van der Waals surface area contributed by atoms with E-state index in [1.54, 1.807) is 0 Å². The van der Waals surface area contributed by atoms with Crippen LogP contribution in [0.1, 0.15) is 19.8 Å². The van der Waals surface area contributed by atoms with Gasteiger partial charge in [-0.3, -0.25) is 5.32 Å². The average Bonchev–Trinajstić information content (AvgIpc) is 2.28. The second-order valence-electron chi connectivity index (χ2n) is 2.88. The highest BCUT2D eigenvalue weighted by Crippen LogP contribution is 2.06. The van der Waals surface area contributed by atoms with E-state index in [2.05, 4.69) is 27.9 Å². The van der Waals surface area contributed by atoms with Gasteiger partial charge in [-0.1, -0.05) is 25.1 Å². The van der Waals surface area contributed by atoms with Crippen molar-refractivity contribution in [1.82, 2.24) is 16.0 Å². The number of amidine groups is 1. The number of rotatable bonds is 3. The summed E-state index contributed by atoms with van der Waals surface area (Å²) < 4.78 is 0. The van der Waals surface area contributed by atoms with Gasteiger partial charge in [-0.05, 0) is 6.42 Å². The van der Waals surface area contributed by atoms with Gasteiger partial charge in [0.1, 0.15) is 0 Å². The van der Waals surface area contributed by atoms with Crippen molar-refractivity contribution in [2.45, 2.75) is 19.8 Å². The number of carbonyl (C=O) groups excluding carboxylic acids is 2. The highest BCUT2D eigenvalue weighted by molar-refractivity contribution is 8.13. The van der Waals surface area contributed by atoms with Gasteiger partial charge < -0.3 is 10.6 Å². The third-order valence-electron chi connectivity index (χ3n) is 1.60. The number of nitrogens with zero attached hydrogens (tertiary/aromatic N) is 1. The van der Waals surface area contributed by atoms with Gasteiger partial charge in [0.2, 0.25) is 0 Å². The molecular weight excluding hydrogens is 228 g/mol. The van der Waals surface area contributed by atoms with Crippen LogP contribution in [0, 0.1) is 0 Å². The standard InChI is InChI=1S/C9H18N4O2S/c1-4-5-6-16-9(12-7(14)10-2)13-8(15)11-3/h4-6H2,1-3H3,(H3,10,11,12,13,14,15). The van der Waals surface area contributed by atoms with Gasteiger partial charge in [-0.2, -0.15) is 4.99 Å². The number of hydrogen-bond donors (Lipinski definition) is 3. The molecule has 0 rings (SSSR count). The number of thioether (sulfide) groups is 1. The molecule has 4 amide bonds. The molecule has 92 valence electrons. The smallest absolute Gasteiger partial charge is 0.341 e. The summed E-state index contributed by atoms with van der Waals surface area (Å²) in [6.07, 6.45) is 2.06. The molecule has 7 heteroatoms. The van der Waals surface area contributed by atoms with Crippen LogP contribution in [0.2, 0.25) is 0 Å². The van der Waals surface area contributed by atoms with Crippen LogP contribution in [0.25, 0.3) is 0 Å². The summed E-state index contributed by atoms with van der Waals surface area (Å²) in [5, 5.41) is 7.57. The fraction of sp³-hybridized carbons (Fsp3) is 0.667. The number of hydrogen-bond acceptors (Lipinski definition) is 3. The number of urea groups is 2. The minimum absolute atomic E-state index is 0.312. The van der Waals surface area contributed by atoms with E-state index in [1.165, 1.54) is 25.9 Å². The lowest BCUT2D eigenvalue weighted by molar-refractivity contribution is 0.247. The molecule has 0 radical (unpaired) electrons. The van der Waals surface area contributed by atoms with Gasteiger partial charge in [0.25, 0.3) is 0 Å². The van der Waals surface area contributed by atoms with Gasteiger partial charge in [0.15, 0.2) is 5.17 Å². The monoisotopic (exact) mass is 246 g/mol.